The highest BCUT2D eigenvalue weighted by Crippen LogP contribution is 1.98. The molecule has 86 valence electrons. The molecule has 0 spiro atoms. The molecule has 3 N–H and O–H groups in total. The first-order valence-electron chi connectivity index (χ1n) is 4.48. The van der Waals surface area contributed by atoms with Gasteiger partial charge in [0.15, 0.2) is 5.76 Å². The van der Waals surface area contributed by atoms with Gasteiger partial charge in [0.2, 0.25) is 0 Å². The summed E-state index contributed by atoms with van der Waals surface area (Å²) in [5.74, 6) is 0.0907. The second kappa shape index (κ2) is 8.28. The minimum atomic E-state index is -0.221. The lowest BCUT2D eigenvalue weighted by molar-refractivity contribution is 0.0926. The lowest BCUT2D eigenvalue weighted by Crippen LogP contribution is -2.32. The lowest BCUT2D eigenvalue weighted by atomic mass is 10.4. The van der Waals surface area contributed by atoms with Gasteiger partial charge in [0.05, 0.1) is 12.9 Å². The molecular formula is C9H15ClN2O3. The minimum absolute atomic E-state index is 0. The van der Waals surface area contributed by atoms with Crippen LogP contribution in [0.15, 0.2) is 22.8 Å². The fourth-order valence-electron chi connectivity index (χ4n) is 0.963. The van der Waals surface area contributed by atoms with Gasteiger partial charge < -0.3 is 20.2 Å². The van der Waals surface area contributed by atoms with E-state index < -0.39 is 0 Å². The Labute approximate surface area is 94.3 Å². The maximum atomic E-state index is 11.3. The number of hydrogen-bond donors (Lipinski definition) is 3. The van der Waals surface area contributed by atoms with Gasteiger partial charge in [0.1, 0.15) is 0 Å². The fourth-order valence-corrected chi connectivity index (χ4v) is 0.963. The highest BCUT2D eigenvalue weighted by Gasteiger charge is 2.05. The topological polar surface area (TPSA) is 74.5 Å². The van der Waals surface area contributed by atoms with E-state index >= 15 is 0 Å². The molecule has 1 rings (SSSR count). The Morgan fingerprint density at radius 3 is 2.80 bits per heavy atom. The molecule has 6 heteroatoms. The van der Waals surface area contributed by atoms with Gasteiger partial charge in [-0.1, -0.05) is 0 Å². The van der Waals surface area contributed by atoms with Crippen molar-refractivity contribution in [3.8, 4) is 0 Å². The van der Waals surface area contributed by atoms with Crippen molar-refractivity contribution in [2.45, 2.75) is 0 Å². The van der Waals surface area contributed by atoms with Crippen molar-refractivity contribution in [3.05, 3.63) is 24.2 Å². The smallest absolute Gasteiger partial charge is 0.287 e. The molecule has 1 heterocycles. The summed E-state index contributed by atoms with van der Waals surface area (Å²) in [6.45, 7) is 1.79. The molecule has 0 fully saturated rings. The molecule has 0 radical (unpaired) electrons. The second-order valence-electron chi connectivity index (χ2n) is 2.71. The van der Waals surface area contributed by atoms with Crippen LogP contribution in [0, 0.1) is 0 Å². The molecule has 1 aromatic rings. The van der Waals surface area contributed by atoms with Crippen molar-refractivity contribution in [2.75, 3.05) is 26.2 Å². The molecule has 0 unspecified atom stereocenters. The third kappa shape index (κ3) is 5.41. The van der Waals surface area contributed by atoms with E-state index in [9.17, 15) is 4.79 Å². The first kappa shape index (κ1) is 14.0. The molecule has 1 aromatic heterocycles. The number of furan rings is 1. The fraction of sp³-hybridized carbons (Fsp3) is 0.444. The molecule has 0 aliphatic heterocycles. The van der Waals surface area contributed by atoms with Crippen molar-refractivity contribution in [1.82, 2.24) is 10.6 Å². The predicted octanol–water partition coefficient (Wildman–Crippen LogP) is 0.0131. The van der Waals surface area contributed by atoms with Crippen LogP contribution < -0.4 is 10.6 Å². The maximum absolute atomic E-state index is 11.3. The Kier molecular flexibility index (Phi) is 7.71. The van der Waals surface area contributed by atoms with E-state index in [0.29, 0.717) is 25.4 Å². The van der Waals surface area contributed by atoms with Gasteiger partial charge in [-0.3, -0.25) is 4.79 Å². The minimum Gasteiger partial charge on any atom is -0.459 e. The molecule has 0 aliphatic rings. The molecule has 5 nitrogen and oxygen atoms in total. The molecule has 0 bridgehead atoms. The van der Waals surface area contributed by atoms with Crippen LogP contribution in [0.1, 0.15) is 10.6 Å². The second-order valence-corrected chi connectivity index (χ2v) is 2.71. The third-order valence-corrected chi connectivity index (χ3v) is 1.62. The van der Waals surface area contributed by atoms with E-state index in [4.69, 9.17) is 9.52 Å². The van der Waals surface area contributed by atoms with Gasteiger partial charge in [-0.15, -0.1) is 12.4 Å². The Bertz CT molecular complexity index is 264. The summed E-state index contributed by atoms with van der Waals surface area (Å²) < 4.78 is 4.90. The van der Waals surface area contributed by atoms with Crippen LogP contribution in [0.4, 0.5) is 0 Å². The summed E-state index contributed by atoms with van der Waals surface area (Å²) in [6.07, 6.45) is 1.46. The first-order chi connectivity index (χ1) is 6.84. The standard InChI is InChI=1S/C9H14N2O3.ClH/c12-6-5-10-3-4-11-9(13)8-2-1-7-14-8;/h1-2,7,10,12H,3-6H2,(H,11,13);1H. The summed E-state index contributed by atoms with van der Waals surface area (Å²) >= 11 is 0. The van der Waals surface area contributed by atoms with Gasteiger partial charge in [0, 0.05) is 19.6 Å². The van der Waals surface area contributed by atoms with Crippen LogP contribution >= 0.6 is 12.4 Å². The SMILES string of the molecule is Cl.O=C(NCCNCCO)c1ccco1. The van der Waals surface area contributed by atoms with Gasteiger partial charge in [-0.2, -0.15) is 0 Å². The lowest BCUT2D eigenvalue weighted by Gasteiger charge is -2.03. The molecule has 1 amide bonds. The third-order valence-electron chi connectivity index (χ3n) is 1.62. The van der Waals surface area contributed by atoms with Crippen LogP contribution in [-0.4, -0.2) is 37.3 Å². The van der Waals surface area contributed by atoms with Crippen molar-refractivity contribution in [3.63, 3.8) is 0 Å². The number of aliphatic hydroxyl groups excluding tert-OH is 1. The molecule has 0 saturated heterocycles. The highest BCUT2D eigenvalue weighted by molar-refractivity contribution is 5.91. The van der Waals surface area contributed by atoms with E-state index in [1.807, 2.05) is 0 Å². The molecular weight excluding hydrogens is 220 g/mol. The highest BCUT2D eigenvalue weighted by atomic mass is 35.5. The Hall–Kier alpha value is -1.04. The van der Waals surface area contributed by atoms with E-state index in [-0.39, 0.29) is 24.9 Å². The summed E-state index contributed by atoms with van der Waals surface area (Å²) in [4.78, 5) is 11.3. The van der Waals surface area contributed by atoms with Crippen LogP contribution in [0.2, 0.25) is 0 Å². The summed E-state index contributed by atoms with van der Waals surface area (Å²) in [7, 11) is 0. The molecule has 0 aromatic carbocycles. The quantitative estimate of drug-likeness (QED) is 0.607. The van der Waals surface area contributed by atoms with Crippen molar-refractivity contribution in [1.29, 1.82) is 0 Å². The summed E-state index contributed by atoms with van der Waals surface area (Å²) in [6, 6.07) is 3.27. The normalized spacial score (nSPS) is 9.40. The number of hydrogen-bond acceptors (Lipinski definition) is 4. The van der Waals surface area contributed by atoms with Gasteiger partial charge in [-0.25, -0.2) is 0 Å². The summed E-state index contributed by atoms with van der Waals surface area (Å²) in [5.41, 5.74) is 0. The van der Waals surface area contributed by atoms with Crippen LogP contribution in [-0.2, 0) is 0 Å². The number of rotatable bonds is 6. The van der Waals surface area contributed by atoms with Crippen molar-refractivity contribution in [2.24, 2.45) is 0 Å². The van der Waals surface area contributed by atoms with E-state index in [2.05, 4.69) is 10.6 Å². The van der Waals surface area contributed by atoms with Crippen LogP contribution in [0.5, 0.6) is 0 Å². The average Bonchev–Trinajstić information content (AvgIpc) is 2.70. The number of halogens is 1. The first-order valence-corrected chi connectivity index (χ1v) is 4.48. The summed E-state index contributed by atoms with van der Waals surface area (Å²) in [5, 5.41) is 14.1. The van der Waals surface area contributed by atoms with Crippen LogP contribution in [0.3, 0.4) is 0 Å². The number of aliphatic hydroxyl groups is 1. The Morgan fingerprint density at radius 1 is 1.40 bits per heavy atom. The van der Waals surface area contributed by atoms with Crippen molar-refractivity contribution < 1.29 is 14.3 Å². The predicted molar refractivity (Wildman–Crippen MR) is 58.2 cm³/mol. The number of nitrogens with one attached hydrogen (secondary N) is 2. The van der Waals surface area contributed by atoms with Gasteiger partial charge in [-0.05, 0) is 12.1 Å². The number of amides is 1. The largest absolute Gasteiger partial charge is 0.459 e. The Balaban J connectivity index is 0.00000196. The van der Waals surface area contributed by atoms with Gasteiger partial charge >= 0.3 is 0 Å². The molecule has 0 atom stereocenters. The molecule has 0 saturated carbocycles. The zero-order valence-corrected chi connectivity index (χ0v) is 9.05. The maximum Gasteiger partial charge on any atom is 0.287 e. The van der Waals surface area contributed by atoms with E-state index in [0.717, 1.165) is 0 Å². The van der Waals surface area contributed by atoms with E-state index in [1.54, 1.807) is 12.1 Å². The van der Waals surface area contributed by atoms with Crippen LogP contribution in [0.25, 0.3) is 0 Å². The van der Waals surface area contributed by atoms with Crippen molar-refractivity contribution >= 4 is 18.3 Å². The zero-order valence-electron chi connectivity index (χ0n) is 8.23. The number of carbonyl (C=O) groups excluding carboxylic acids is 1. The zero-order chi connectivity index (χ0) is 10.2. The Morgan fingerprint density at radius 2 is 2.20 bits per heavy atom. The monoisotopic (exact) mass is 234 g/mol. The van der Waals surface area contributed by atoms with E-state index in [1.165, 1.54) is 6.26 Å². The molecule has 15 heavy (non-hydrogen) atoms. The average molecular weight is 235 g/mol. The number of carbonyl (C=O) groups is 1. The van der Waals surface area contributed by atoms with Gasteiger partial charge in [0.25, 0.3) is 5.91 Å². The molecule has 0 aliphatic carbocycles.